The first-order valence-corrected chi connectivity index (χ1v) is 6.76. The summed E-state index contributed by atoms with van der Waals surface area (Å²) in [4.78, 5) is 24.5. The summed E-state index contributed by atoms with van der Waals surface area (Å²) < 4.78 is 0. The lowest BCUT2D eigenvalue weighted by Crippen LogP contribution is -2.53. The zero-order valence-corrected chi connectivity index (χ0v) is 10.6. The fourth-order valence-electron chi connectivity index (χ4n) is 2.12. The van der Waals surface area contributed by atoms with E-state index in [1.807, 2.05) is 16.8 Å². The van der Waals surface area contributed by atoms with Gasteiger partial charge in [-0.3, -0.25) is 14.5 Å². The first-order chi connectivity index (χ1) is 8.59. The van der Waals surface area contributed by atoms with Crippen LogP contribution in [-0.2, 0) is 16.0 Å². The number of nitrogens with zero attached hydrogens (tertiary/aromatic N) is 1. The van der Waals surface area contributed by atoms with E-state index in [0.29, 0.717) is 19.3 Å². The van der Waals surface area contributed by atoms with Crippen molar-refractivity contribution in [1.29, 1.82) is 0 Å². The number of aliphatic hydroxyl groups excluding tert-OH is 1. The van der Waals surface area contributed by atoms with Crippen molar-refractivity contribution in [3.63, 3.8) is 0 Å². The van der Waals surface area contributed by atoms with Gasteiger partial charge in [-0.2, -0.15) is 11.3 Å². The molecule has 1 fully saturated rings. The monoisotopic (exact) mass is 269 g/mol. The van der Waals surface area contributed by atoms with Crippen LogP contribution >= 0.6 is 11.3 Å². The summed E-state index contributed by atoms with van der Waals surface area (Å²) in [7, 11) is 0. The molecule has 0 spiro atoms. The van der Waals surface area contributed by atoms with Crippen LogP contribution in [0.1, 0.15) is 24.8 Å². The summed E-state index contributed by atoms with van der Waals surface area (Å²) in [6, 6.07) is 0.957. The van der Waals surface area contributed by atoms with E-state index < -0.39 is 12.3 Å². The second-order valence-electron chi connectivity index (χ2n) is 4.33. The van der Waals surface area contributed by atoms with Gasteiger partial charge in [-0.25, -0.2) is 0 Å². The van der Waals surface area contributed by atoms with Crippen molar-refractivity contribution < 1.29 is 19.8 Å². The smallest absolute Gasteiger partial charge is 0.229 e. The molecule has 6 heteroatoms. The Morgan fingerprint density at radius 2 is 1.94 bits per heavy atom. The lowest BCUT2D eigenvalue weighted by atomic mass is 10.0. The van der Waals surface area contributed by atoms with Crippen molar-refractivity contribution in [1.82, 2.24) is 4.90 Å². The molecule has 2 rings (SSSR count). The van der Waals surface area contributed by atoms with Crippen LogP contribution in [0.5, 0.6) is 0 Å². The van der Waals surface area contributed by atoms with Gasteiger partial charge in [0.1, 0.15) is 0 Å². The summed E-state index contributed by atoms with van der Waals surface area (Å²) in [6.07, 6.45) is -0.313. The number of carbonyl (C=O) groups is 2. The number of amides is 2. The topological polar surface area (TPSA) is 77.8 Å². The molecule has 2 amide bonds. The lowest BCUT2D eigenvalue weighted by Gasteiger charge is -2.33. The largest absolute Gasteiger partial charge is 0.366 e. The molecule has 0 aliphatic carbocycles. The van der Waals surface area contributed by atoms with Gasteiger partial charge in [-0.1, -0.05) is 0 Å². The van der Waals surface area contributed by atoms with E-state index in [1.54, 1.807) is 0 Å². The molecule has 2 N–H and O–H groups in total. The average Bonchev–Trinajstić information content (AvgIpc) is 2.80. The van der Waals surface area contributed by atoms with Crippen LogP contribution in [0.15, 0.2) is 16.8 Å². The molecule has 0 radical (unpaired) electrons. The Labute approximate surface area is 109 Å². The molecular weight excluding hydrogens is 254 g/mol. The minimum atomic E-state index is -1.71. The Hall–Kier alpha value is -1.24. The summed E-state index contributed by atoms with van der Waals surface area (Å²) in [5.41, 5.74) is 0.893. The molecular formula is C12H15NO4S. The number of hydrogen-bond acceptors (Lipinski definition) is 5. The minimum absolute atomic E-state index is 0.276. The quantitative estimate of drug-likeness (QED) is 0.616. The predicted molar refractivity (Wildman–Crippen MR) is 65.7 cm³/mol. The van der Waals surface area contributed by atoms with E-state index in [4.69, 9.17) is 0 Å². The molecule has 18 heavy (non-hydrogen) atoms. The molecule has 2 heterocycles. The summed E-state index contributed by atoms with van der Waals surface area (Å²) in [5.74, 6) is -0.640. The fraction of sp³-hybridized carbons (Fsp3) is 0.500. The van der Waals surface area contributed by atoms with Gasteiger partial charge in [-0.15, -0.1) is 0 Å². The molecule has 1 aliphatic rings. The highest BCUT2D eigenvalue weighted by molar-refractivity contribution is 7.07. The van der Waals surface area contributed by atoms with Gasteiger partial charge in [-0.05, 0) is 35.2 Å². The van der Waals surface area contributed by atoms with Crippen LogP contribution in [0.25, 0.3) is 0 Å². The van der Waals surface area contributed by atoms with Crippen molar-refractivity contribution in [3.8, 4) is 0 Å². The number of rotatable bonds is 4. The molecule has 5 nitrogen and oxygen atoms in total. The number of imide groups is 1. The van der Waals surface area contributed by atoms with Crippen LogP contribution in [0.4, 0.5) is 0 Å². The predicted octanol–water partition coefficient (Wildman–Crippen LogP) is 0.509. The maximum Gasteiger partial charge on any atom is 0.229 e. The van der Waals surface area contributed by atoms with Crippen molar-refractivity contribution >= 4 is 23.2 Å². The first kappa shape index (κ1) is 13.2. The Morgan fingerprint density at radius 3 is 2.44 bits per heavy atom. The van der Waals surface area contributed by atoms with Gasteiger partial charge >= 0.3 is 0 Å². The van der Waals surface area contributed by atoms with Gasteiger partial charge < -0.3 is 10.2 Å². The molecule has 1 aromatic heterocycles. The van der Waals surface area contributed by atoms with Crippen molar-refractivity contribution in [2.24, 2.45) is 0 Å². The van der Waals surface area contributed by atoms with E-state index in [0.717, 1.165) is 10.5 Å². The van der Waals surface area contributed by atoms with Crippen molar-refractivity contribution in [2.75, 3.05) is 0 Å². The Bertz CT molecular complexity index is 413. The van der Waals surface area contributed by atoms with Crippen LogP contribution in [-0.4, -0.2) is 39.3 Å². The Morgan fingerprint density at radius 1 is 1.28 bits per heavy atom. The molecule has 98 valence electrons. The number of piperidine rings is 1. The minimum Gasteiger partial charge on any atom is -0.366 e. The van der Waals surface area contributed by atoms with Crippen molar-refractivity contribution in [2.45, 2.75) is 38.0 Å². The van der Waals surface area contributed by atoms with E-state index in [-0.39, 0.29) is 18.2 Å². The molecule has 0 bridgehead atoms. The SMILES string of the molecule is O=C1CCCC(=O)N1C(Cc1ccsc1)C(O)O. The number of likely N-dealkylation sites (tertiary alicyclic amines) is 1. The van der Waals surface area contributed by atoms with Crippen LogP contribution < -0.4 is 0 Å². The zero-order chi connectivity index (χ0) is 13.1. The van der Waals surface area contributed by atoms with Gasteiger partial charge in [0.15, 0.2) is 6.29 Å². The lowest BCUT2D eigenvalue weighted by molar-refractivity contribution is -0.163. The van der Waals surface area contributed by atoms with Crippen molar-refractivity contribution in [3.05, 3.63) is 22.4 Å². The summed E-state index contributed by atoms with van der Waals surface area (Å²) in [5, 5.41) is 22.6. The summed E-state index contributed by atoms with van der Waals surface area (Å²) in [6.45, 7) is 0. The van der Waals surface area contributed by atoms with E-state index in [1.165, 1.54) is 11.3 Å². The van der Waals surface area contributed by atoms with Crippen LogP contribution in [0.3, 0.4) is 0 Å². The Kier molecular flexibility index (Phi) is 4.11. The van der Waals surface area contributed by atoms with Gasteiger partial charge in [0.05, 0.1) is 6.04 Å². The Balaban J connectivity index is 2.18. The maximum absolute atomic E-state index is 11.8. The highest BCUT2D eigenvalue weighted by atomic mass is 32.1. The van der Waals surface area contributed by atoms with Gasteiger partial charge in [0.2, 0.25) is 11.8 Å². The number of aliphatic hydroxyl groups is 2. The maximum atomic E-state index is 11.8. The third kappa shape index (κ3) is 2.77. The second kappa shape index (κ2) is 5.60. The molecule has 1 aromatic rings. The molecule has 0 aromatic carbocycles. The number of carbonyl (C=O) groups excluding carboxylic acids is 2. The van der Waals surface area contributed by atoms with E-state index in [2.05, 4.69) is 0 Å². The number of thiophene rings is 1. The molecule has 0 saturated carbocycles. The molecule has 1 atom stereocenters. The highest BCUT2D eigenvalue weighted by Crippen LogP contribution is 2.20. The fourth-order valence-corrected chi connectivity index (χ4v) is 2.80. The molecule has 1 saturated heterocycles. The standard InChI is InChI=1S/C12H15NO4S/c14-10-2-1-3-11(15)13(10)9(12(16)17)6-8-4-5-18-7-8/h4-5,7,9,12,16-17H,1-3,6H2. The number of hydrogen-bond donors (Lipinski definition) is 2. The molecule has 1 aliphatic heterocycles. The van der Waals surface area contributed by atoms with E-state index in [9.17, 15) is 19.8 Å². The second-order valence-corrected chi connectivity index (χ2v) is 5.11. The van der Waals surface area contributed by atoms with Crippen LogP contribution in [0, 0.1) is 0 Å². The third-order valence-corrected chi connectivity index (χ3v) is 3.75. The average molecular weight is 269 g/mol. The first-order valence-electron chi connectivity index (χ1n) is 5.81. The van der Waals surface area contributed by atoms with E-state index >= 15 is 0 Å². The normalized spacial score (nSPS) is 18.5. The highest BCUT2D eigenvalue weighted by Gasteiger charge is 2.35. The zero-order valence-electron chi connectivity index (χ0n) is 9.78. The van der Waals surface area contributed by atoms with Crippen LogP contribution in [0.2, 0.25) is 0 Å². The molecule has 1 unspecified atom stereocenters. The summed E-state index contributed by atoms with van der Waals surface area (Å²) >= 11 is 1.49. The van der Waals surface area contributed by atoms with Gasteiger partial charge in [0.25, 0.3) is 0 Å². The van der Waals surface area contributed by atoms with Gasteiger partial charge in [0, 0.05) is 12.8 Å². The third-order valence-electron chi connectivity index (χ3n) is 3.02.